The van der Waals surface area contributed by atoms with Crippen molar-refractivity contribution < 1.29 is 4.74 Å². The summed E-state index contributed by atoms with van der Waals surface area (Å²) >= 11 is 3.36. The lowest BCUT2D eigenvalue weighted by Crippen LogP contribution is -2.30. The third-order valence-corrected chi connectivity index (χ3v) is 2.30. The van der Waals surface area contributed by atoms with E-state index in [4.69, 9.17) is 4.74 Å². The number of hydrogen-bond acceptors (Lipinski definition) is 3. The minimum atomic E-state index is 0.418. The number of hydrogen-bond donors (Lipinski definition) is 0. The van der Waals surface area contributed by atoms with Crippen LogP contribution in [0.1, 0.15) is 11.7 Å². The molecule has 1 fully saturated rings. The largest absolute Gasteiger partial charge is 0.377 e. The SMILES string of the molecule is BrCCc1cn(C2COC2)nn1. The number of aromatic nitrogens is 3. The lowest BCUT2D eigenvalue weighted by atomic mass is 10.2. The lowest BCUT2D eigenvalue weighted by molar-refractivity contribution is -0.0293. The second kappa shape index (κ2) is 3.53. The average Bonchev–Trinajstić information content (AvgIpc) is 2.34. The molecule has 2 heterocycles. The summed E-state index contributed by atoms with van der Waals surface area (Å²) in [5.74, 6) is 0. The molecule has 66 valence electrons. The zero-order chi connectivity index (χ0) is 8.39. The first kappa shape index (κ1) is 8.19. The van der Waals surface area contributed by atoms with Gasteiger partial charge in [0.15, 0.2) is 0 Å². The van der Waals surface area contributed by atoms with Crippen LogP contribution in [-0.4, -0.2) is 33.5 Å². The Labute approximate surface area is 79.0 Å². The van der Waals surface area contributed by atoms with Crippen LogP contribution in [0.25, 0.3) is 0 Å². The van der Waals surface area contributed by atoms with E-state index >= 15 is 0 Å². The van der Waals surface area contributed by atoms with Gasteiger partial charge in [-0.3, -0.25) is 0 Å². The molecule has 0 bridgehead atoms. The molecule has 0 radical (unpaired) electrons. The second-order valence-corrected chi connectivity index (χ2v) is 3.61. The second-order valence-electron chi connectivity index (χ2n) is 2.82. The Morgan fingerprint density at radius 2 is 2.50 bits per heavy atom. The van der Waals surface area contributed by atoms with Crippen molar-refractivity contribution in [2.75, 3.05) is 18.5 Å². The Balaban J connectivity index is 2.02. The molecule has 2 rings (SSSR count). The molecule has 0 N–H and O–H groups in total. The van der Waals surface area contributed by atoms with Crippen molar-refractivity contribution in [2.45, 2.75) is 12.5 Å². The number of rotatable bonds is 3. The maximum atomic E-state index is 5.06. The number of alkyl halides is 1. The van der Waals surface area contributed by atoms with Gasteiger partial charge in [-0.25, -0.2) is 4.68 Å². The van der Waals surface area contributed by atoms with Gasteiger partial charge >= 0.3 is 0 Å². The molecule has 1 aromatic rings. The van der Waals surface area contributed by atoms with E-state index in [0.717, 1.165) is 30.7 Å². The van der Waals surface area contributed by atoms with Crippen LogP contribution in [0.3, 0.4) is 0 Å². The Morgan fingerprint density at radius 3 is 3.08 bits per heavy atom. The minimum Gasteiger partial charge on any atom is -0.377 e. The van der Waals surface area contributed by atoms with E-state index in [0.29, 0.717) is 6.04 Å². The quantitative estimate of drug-likeness (QED) is 0.723. The smallest absolute Gasteiger partial charge is 0.100 e. The van der Waals surface area contributed by atoms with Crippen molar-refractivity contribution in [3.05, 3.63) is 11.9 Å². The summed E-state index contributed by atoms with van der Waals surface area (Å²) in [6, 6.07) is 0.418. The standard InChI is InChI=1S/C7H10BrN3O/c8-2-1-6-3-11(10-9-6)7-4-12-5-7/h3,7H,1-2,4-5H2. The molecule has 0 unspecified atom stereocenters. The molecule has 0 amide bonds. The van der Waals surface area contributed by atoms with Gasteiger partial charge in [-0.2, -0.15) is 0 Å². The highest BCUT2D eigenvalue weighted by Crippen LogP contribution is 2.15. The van der Waals surface area contributed by atoms with Crippen molar-refractivity contribution in [2.24, 2.45) is 0 Å². The minimum absolute atomic E-state index is 0.418. The first-order chi connectivity index (χ1) is 5.90. The van der Waals surface area contributed by atoms with Crippen molar-refractivity contribution in [3.8, 4) is 0 Å². The normalized spacial score (nSPS) is 17.8. The third kappa shape index (κ3) is 1.51. The van der Waals surface area contributed by atoms with Crippen LogP contribution in [-0.2, 0) is 11.2 Å². The molecular formula is C7H10BrN3O. The molecule has 12 heavy (non-hydrogen) atoms. The number of halogens is 1. The molecule has 1 aromatic heterocycles. The summed E-state index contributed by atoms with van der Waals surface area (Å²) in [6.45, 7) is 1.55. The molecule has 0 aliphatic carbocycles. The molecule has 1 aliphatic heterocycles. The van der Waals surface area contributed by atoms with Crippen molar-refractivity contribution in [3.63, 3.8) is 0 Å². The van der Waals surface area contributed by atoms with Gasteiger partial charge in [-0.05, 0) is 0 Å². The van der Waals surface area contributed by atoms with Gasteiger partial charge in [0.2, 0.25) is 0 Å². The van der Waals surface area contributed by atoms with E-state index in [2.05, 4.69) is 26.2 Å². The van der Waals surface area contributed by atoms with E-state index in [1.54, 1.807) is 0 Å². The highest BCUT2D eigenvalue weighted by Gasteiger charge is 2.21. The Kier molecular flexibility index (Phi) is 2.41. The zero-order valence-corrected chi connectivity index (χ0v) is 8.20. The van der Waals surface area contributed by atoms with Gasteiger partial charge in [0.1, 0.15) is 6.04 Å². The van der Waals surface area contributed by atoms with Crippen LogP contribution in [0.4, 0.5) is 0 Å². The van der Waals surface area contributed by atoms with E-state index in [1.807, 2.05) is 10.9 Å². The Morgan fingerprint density at radius 1 is 1.67 bits per heavy atom. The Bertz CT molecular complexity index is 259. The number of ether oxygens (including phenoxy) is 1. The average molecular weight is 232 g/mol. The third-order valence-electron chi connectivity index (χ3n) is 1.90. The monoisotopic (exact) mass is 231 g/mol. The molecule has 0 aromatic carbocycles. The zero-order valence-electron chi connectivity index (χ0n) is 6.61. The summed E-state index contributed by atoms with van der Waals surface area (Å²) in [7, 11) is 0. The van der Waals surface area contributed by atoms with Gasteiger partial charge in [0, 0.05) is 17.9 Å². The maximum Gasteiger partial charge on any atom is 0.100 e. The van der Waals surface area contributed by atoms with Crippen LogP contribution in [0.2, 0.25) is 0 Å². The first-order valence-corrected chi connectivity index (χ1v) is 5.06. The highest BCUT2D eigenvalue weighted by atomic mass is 79.9. The van der Waals surface area contributed by atoms with Crippen LogP contribution in [0.5, 0.6) is 0 Å². The van der Waals surface area contributed by atoms with E-state index < -0.39 is 0 Å². The van der Waals surface area contributed by atoms with Crippen LogP contribution < -0.4 is 0 Å². The van der Waals surface area contributed by atoms with Crippen LogP contribution in [0.15, 0.2) is 6.20 Å². The van der Waals surface area contributed by atoms with E-state index in [9.17, 15) is 0 Å². The number of nitrogens with zero attached hydrogens (tertiary/aromatic N) is 3. The molecular weight excluding hydrogens is 222 g/mol. The summed E-state index contributed by atoms with van der Waals surface area (Å²) < 4.78 is 6.95. The number of aryl methyl sites for hydroxylation is 1. The van der Waals surface area contributed by atoms with Crippen molar-refractivity contribution >= 4 is 15.9 Å². The van der Waals surface area contributed by atoms with Gasteiger partial charge in [-0.15, -0.1) is 5.10 Å². The molecule has 4 nitrogen and oxygen atoms in total. The van der Waals surface area contributed by atoms with Gasteiger partial charge in [0.25, 0.3) is 0 Å². The van der Waals surface area contributed by atoms with E-state index in [-0.39, 0.29) is 0 Å². The first-order valence-electron chi connectivity index (χ1n) is 3.94. The van der Waals surface area contributed by atoms with Crippen LogP contribution in [0, 0.1) is 0 Å². The van der Waals surface area contributed by atoms with Gasteiger partial charge in [-0.1, -0.05) is 21.1 Å². The highest BCUT2D eigenvalue weighted by molar-refractivity contribution is 9.09. The maximum absolute atomic E-state index is 5.06. The molecule has 1 saturated heterocycles. The topological polar surface area (TPSA) is 39.9 Å². The Hall–Kier alpha value is -0.420. The van der Waals surface area contributed by atoms with Gasteiger partial charge < -0.3 is 4.74 Å². The van der Waals surface area contributed by atoms with E-state index in [1.165, 1.54) is 0 Å². The van der Waals surface area contributed by atoms with Crippen LogP contribution >= 0.6 is 15.9 Å². The molecule has 0 saturated carbocycles. The lowest BCUT2D eigenvalue weighted by Gasteiger charge is -2.25. The predicted octanol–water partition coefficient (Wildman–Crippen LogP) is 0.787. The summed E-state index contributed by atoms with van der Waals surface area (Å²) in [5.41, 5.74) is 1.04. The predicted molar refractivity (Wildman–Crippen MR) is 47.4 cm³/mol. The molecule has 0 atom stereocenters. The summed E-state index contributed by atoms with van der Waals surface area (Å²) in [4.78, 5) is 0. The molecule has 5 heteroatoms. The fraction of sp³-hybridized carbons (Fsp3) is 0.714. The summed E-state index contributed by atoms with van der Waals surface area (Å²) in [6.07, 6.45) is 2.93. The molecule has 1 aliphatic rings. The van der Waals surface area contributed by atoms with Crippen molar-refractivity contribution in [1.82, 2.24) is 15.0 Å². The van der Waals surface area contributed by atoms with Gasteiger partial charge in [0.05, 0.1) is 18.9 Å². The fourth-order valence-corrected chi connectivity index (χ4v) is 1.49. The molecule has 0 spiro atoms. The van der Waals surface area contributed by atoms with Crippen molar-refractivity contribution in [1.29, 1.82) is 0 Å². The fourth-order valence-electron chi connectivity index (χ4n) is 1.08. The summed E-state index contributed by atoms with van der Waals surface area (Å²) in [5, 5.41) is 9.00.